The third-order valence-corrected chi connectivity index (χ3v) is 3.65. The lowest BCUT2D eigenvalue weighted by Crippen LogP contribution is -1.99. The van der Waals surface area contributed by atoms with Crippen LogP contribution in [0.5, 0.6) is 0 Å². The first-order valence-corrected chi connectivity index (χ1v) is 6.90. The van der Waals surface area contributed by atoms with Crippen LogP contribution in [0.3, 0.4) is 0 Å². The Morgan fingerprint density at radius 3 is 2.75 bits per heavy atom. The van der Waals surface area contributed by atoms with E-state index in [1.165, 1.54) is 6.33 Å². The highest BCUT2D eigenvalue weighted by molar-refractivity contribution is 6.30. The van der Waals surface area contributed by atoms with Gasteiger partial charge in [0.05, 0.1) is 5.69 Å². The van der Waals surface area contributed by atoms with Crippen molar-refractivity contribution < 1.29 is 0 Å². The van der Waals surface area contributed by atoms with Gasteiger partial charge in [0.15, 0.2) is 0 Å². The number of benzene rings is 1. The molecule has 0 N–H and O–H groups in total. The molecule has 0 radical (unpaired) electrons. The normalized spacial score (nSPS) is 11.2. The van der Waals surface area contributed by atoms with Gasteiger partial charge in [0.1, 0.15) is 11.5 Å². The van der Waals surface area contributed by atoms with Crippen LogP contribution in [-0.2, 0) is 0 Å². The van der Waals surface area contributed by atoms with Crippen LogP contribution >= 0.6 is 11.6 Å². The molecule has 3 rings (SSSR count). The van der Waals surface area contributed by atoms with Crippen LogP contribution in [0.4, 0.5) is 0 Å². The van der Waals surface area contributed by atoms with E-state index in [1.807, 2.05) is 18.3 Å². The second-order valence-corrected chi connectivity index (χ2v) is 5.34. The maximum Gasteiger partial charge on any atom is 0.136 e. The topological polar surface area (TPSA) is 38.7 Å². The molecule has 1 aromatic carbocycles. The van der Waals surface area contributed by atoms with Gasteiger partial charge in [-0.25, -0.2) is 9.97 Å². The molecule has 0 aliphatic heterocycles. The largest absolute Gasteiger partial charge is 0.264 e. The Morgan fingerprint density at radius 1 is 1.10 bits per heavy atom. The van der Waals surface area contributed by atoms with E-state index < -0.39 is 0 Å². The van der Waals surface area contributed by atoms with Crippen molar-refractivity contribution in [3.63, 3.8) is 0 Å². The predicted molar refractivity (Wildman–Crippen MR) is 81.9 cm³/mol. The lowest BCUT2D eigenvalue weighted by atomic mass is 9.96. The molecule has 20 heavy (non-hydrogen) atoms. The molecule has 0 unspecified atom stereocenters. The molecule has 0 atom stereocenters. The van der Waals surface area contributed by atoms with E-state index in [0.29, 0.717) is 5.15 Å². The van der Waals surface area contributed by atoms with Crippen LogP contribution in [0.2, 0.25) is 5.15 Å². The van der Waals surface area contributed by atoms with Gasteiger partial charge < -0.3 is 0 Å². The SMILES string of the molecule is CC(C)c1c(Cl)ncnc1-c1cccc2ccncc12. The summed E-state index contributed by atoms with van der Waals surface area (Å²) in [5.41, 5.74) is 2.91. The van der Waals surface area contributed by atoms with Gasteiger partial charge in [-0.15, -0.1) is 0 Å². The van der Waals surface area contributed by atoms with Crippen molar-refractivity contribution in [3.05, 3.63) is 53.7 Å². The number of rotatable bonds is 2. The number of hydrogen-bond acceptors (Lipinski definition) is 3. The average molecular weight is 284 g/mol. The highest BCUT2D eigenvalue weighted by atomic mass is 35.5. The molecule has 100 valence electrons. The molecular formula is C16H14ClN3. The minimum absolute atomic E-state index is 0.255. The van der Waals surface area contributed by atoms with Crippen LogP contribution < -0.4 is 0 Å². The Labute approximate surface area is 122 Å². The van der Waals surface area contributed by atoms with Crippen LogP contribution in [0, 0.1) is 0 Å². The van der Waals surface area contributed by atoms with Crippen LogP contribution in [0.15, 0.2) is 43.0 Å². The fraction of sp³-hybridized carbons (Fsp3) is 0.188. The summed E-state index contributed by atoms with van der Waals surface area (Å²) < 4.78 is 0. The molecule has 4 heteroatoms. The van der Waals surface area contributed by atoms with E-state index in [-0.39, 0.29) is 5.92 Å². The first kappa shape index (κ1) is 13.0. The predicted octanol–water partition coefficient (Wildman–Crippen LogP) is 4.47. The molecule has 0 amide bonds. The Bertz CT molecular complexity index is 763. The van der Waals surface area contributed by atoms with E-state index in [4.69, 9.17) is 11.6 Å². The third-order valence-electron chi connectivity index (χ3n) is 3.35. The smallest absolute Gasteiger partial charge is 0.136 e. The summed E-state index contributed by atoms with van der Waals surface area (Å²) in [7, 11) is 0. The van der Waals surface area contributed by atoms with Crippen LogP contribution in [-0.4, -0.2) is 15.0 Å². The van der Waals surface area contributed by atoms with Crippen molar-refractivity contribution in [2.45, 2.75) is 19.8 Å². The van der Waals surface area contributed by atoms with Gasteiger partial charge in [-0.1, -0.05) is 43.6 Å². The zero-order valence-electron chi connectivity index (χ0n) is 11.3. The van der Waals surface area contributed by atoms with Gasteiger partial charge in [-0.2, -0.15) is 0 Å². The number of fused-ring (bicyclic) bond motifs is 1. The molecule has 3 nitrogen and oxygen atoms in total. The Kier molecular flexibility index (Phi) is 3.36. The van der Waals surface area contributed by atoms with Gasteiger partial charge in [0, 0.05) is 28.9 Å². The minimum atomic E-state index is 0.255. The van der Waals surface area contributed by atoms with Crippen molar-refractivity contribution >= 4 is 22.4 Å². The average Bonchev–Trinajstić information content (AvgIpc) is 2.46. The van der Waals surface area contributed by atoms with Crippen LogP contribution in [0.25, 0.3) is 22.0 Å². The summed E-state index contributed by atoms with van der Waals surface area (Å²) in [5, 5.41) is 2.74. The Hall–Kier alpha value is -2.00. The molecule has 2 aromatic heterocycles. The van der Waals surface area contributed by atoms with Crippen molar-refractivity contribution in [1.29, 1.82) is 0 Å². The van der Waals surface area contributed by atoms with Crippen molar-refractivity contribution in [2.75, 3.05) is 0 Å². The molecule has 0 bridgehead atoms. The van der Waals surface area contributed by atoms with E-state index in [2.05, 4.69) is 40.9 Å². The maximum atomic E-state index is 6.26. The highest BCUT2D eigenvalue weighted by Gasteiger charge is 2.16. The number of halogens is 1. The fourth-order valence-corrected chi connectivity index (χ4v) is 2.77. The van der Waals surface area contributed by atoms with Gasteiger partial charge in [-0.05, 0) is 17.4 Å². The summed E-state index contributed by atoms with van der Waals surface area (Å²) in [6.45, 7) is 4.19. The maximum absolute atomic E-state index is 6.26. The molecular weight excluding hydrogens is 270 g/mol. The van der Waals surface area contributed by atoms with Crippen molar-refractivity contribution in [1.82, 2.24) is 15.0 Å². The molecule has 0 fully saturated rings. The fourth-order valence-electron chi connectivity index (χ4n) is 2.42. The van der Waals surface area contributed by atoms with Gasteiger partial charge in [0.25, 0.3) is 0 Å². The van der Waals surface area contributed by atoms with E-state index in [9.17, 15) is 0 Å². The summed E-state index contributed by atoms with van der Waals surface area (Å²) in [6.07, 6.45) is 5.17. The first-order valence-electron chi connectivity index (χ1n) is 6.52. The molecule has 0 aliphatic carbocycles. The zero-order chi connectivity index (χ0) is 14.1. The number of aromatic nitrogens is 3. The second-order valence-electron chi connectivity index (χ2n) is 4.98. The summed E-state index contributed by atoms with van der Waals surface area (Å²) in [5.74, 6) is 0.255. The van der Waals surface area contributed by atoms with Gasteiger partial charge in [-0.3, -0.25) is 4.98 Å². The van der Waals surface area contributed by atoms with E-state index >= 15 is 0 Å². The molecule has 0 saturated carbocycles. The third kappa shape index (κ3) is 2.14. The monoisotopic (exact) mass is 283 g/mol. The number of hydrogen-bond donors (Lipinski definition) is 0. The molecule has 0 saturated heterocycles. The zero-order valence-corrected chi connectivity index (χ0v) is 12.1. The second kappa shape index (κ2) is 5.17. The molecule has 0 aliphatic rings. The number of pyridine rings is 1. The van der Waals surface area contributed by atoms with Gasteiger partial charge in [0.2, 0.25) is 0 Å². The standard InChI is InChI=1S/C16H14ClN3/c1-10(2)14-15(19-9-20-16(14)17)12-5-3-4-11-6-7-18-8-13(11)12/h3-10H,1-2H3. The summed E-state index contributed by atoms with van der Waals surface area (Å²) >= 11 is 6.26. The van der Waals surface area contributed by atoms with Crippen molar-refractivity contribution in [2.24, 2.45) is 0 Å². The minimum Gasteiger partial charge on any atom is -0.264 e. The molecule has 0 spiro atoms. The Morgan fingerprint density at radius 2 is 1.95 bits per heavy atom. The quantitative estimate of drug-likeness (QED) is 0.651. The summed E-state index contributed by atoms with van der Waals surface area (Å²) in [4.78, 5) is 12.8. The van der Waals surface area contributed by atoms with Gasteiger partial charge >= 0.3 is 0 Å². The number of nitrogens with zero attached hydrogens (tertiary/aromatic N) is 3. The summed E-state index contributed by atoms with van der Waals surface area (Å²) in [6, 6.07) is 8.14. The van der Waals surface area contributed by atoms with E-state index in [0.717, 1.165) is 27.6 Å². The molecule has 3 aromatic rings. The first-order chi connectivity index (χ1) is 9.68. The lowest BCUT2D eigenvalue weighted by Gasteiger charge is -2.14. The Balaban J connectivity index is 2.35. The van der Waals surface area contributed by atoms with Crippen LogP contribution in [0.1, 0.15) is 25.3 Å². The lowest BCUT2D eigenvalue weighted by molar-refractivity contribution is 0.850. The molecule has 2 heterocycles. The highest BCUT2D eigenvalue weighted by Crippen LogP contribution is 2.34. The van der Waals surface area contributed by atoms with Crippen molar-refractivity contribution in [3.8, 4) is 11.3 Å². The van der Waals surface area contributed by atoms with E-state index in [1.54, 1.807) is 6.20 Å².